The number of amides is 1. The highest BCUT2D eigenvalue weighted by Crippen LogP contribution is 2.38. The van der Waals surface area contributed by atoms with Gasteiger partial charge in [0.2, 0.25) is 5.91 Å². The van der Waals surface area contributed by atoms with Crippen LogP contribution in [0.1, 0.15) is 19.8 Å². The van der Waals surface area contributed by atoms with Crippen molar-refractivity contribution in [2.45, 2.75) is 62.7 Å². The maximum Gasteiger partial charge on any atom is 0.268 e. The predicted molar refractivity (Wildman–Crippen MR) is 117 cm³/mol. The molecule has 36 heavy (non-hydrogen) atoms. The molecule has 0 spiro atoms. The molecule has 0 saturated carbocycles. The van der Waals surface area contributed by atoms with E-state index in [-0.39, 0.29) is 31.7 Å². The van der Waals surface area contributed by atoms with Crippen molar-refractivity contribution in [1.82, 2.24) is 5.32 Å². The van der Waals surface area contributed by atoms with Crippen LogP contribution in [0.3, 0.4) is 0 Å². The SMILES string of the molecule is CC1[C@@H](O[C@H](CO)[C@@H](O)[C@@H](O)COP(=O)([O-])OCCNC(=O)CCC(=O)CN)OC(CO)[C@@H](O)[C@@H]1O. The van der Waals surface area contributed by atoms with Crippen molar-refractivity contribution in [2.75, 3.05) is 39.5 Å². The van der Waals surface area contributed by atoms with Gasteiger partial charge in [-0.25, -0.2) is 0 Å². The number of aliphatic hydroxyl groups is 6. The molecule has 1 fully saturated rings. The normalized spacial score (nSPS) is 28.6. The number of carbonyl (C=O) groups is 2. The van der Waals surface area contributed by atoms with Gasteiger partial charge in [-0.1, -0.05) is 6.92 Å². The standard InChI is InChI=1S/C19H37N2O14P/c1-10-16(27)18(29)14(8-23)35-19(10)34-13(7-22)17(28)12(25)9-33-36(30,31)32-5-4-21-15(26)3-2-11(24)6-20/h10,12-14,16-19,22-23,25,27-29H,2-9,20H2,1H3,(H,21,26)(H,30,31)/p-1/t10?,12-,13+,14?,16+,17-,18+,19-/m0/s1. The maximum atomic E-state index is 11.8. The molecule has 1 saturated heterocycles. The number of ether oxygens (including phenoxy) is 2. The summed E-state index contributed by atoms with van der Waals surface area (Å²) >= 11 is 0. The molecule has 9 atom stereocenters. The Morgan fingerprint density at radius 2 is 1.83 bits per heavy atom. The number of aliphatic hydroxyl groups excluding tert-OH is 6. The van der Waals surface area contributed by atoms with E-state index in [2.05, 4.69) is 14.4 Å². The summed E-state index contributed by atoms with van der Waals surface area (Å²) in [4.78, 5) is 34.4. The predicted octanol–water partition coefficient (Wildman–Crippen LogP) is -4.91. The number of hydrogen-bond acceptors (Lipinski definition) is 15. The molecule has 3 unspecified atom stereocenters. The molecule has 0 radical (unpaired) electrons. The molecule has 16 nitrogen and oxygen atoms in total. The molecule has 0 bridgehead atoms. The Kier molecular flexibility index (Phi) is 14.6. The van der Waals surface area contributed by atoms with Crippen molar-refractivity contribution in [3.05, 3.63) is 0 Å². The highest BCUT2D eigenvalue weighted by molar-refractivity contribution is 7.45. The minimum Gasteiger partial charge on any atom is -0.756 e. The summed E-state index contributed by atoms with van der Waals surface area (Å²) in [5.74, 6) is -1.67. The molecular formula is C19H36N2O14P-. The highest BCUT2D eigenvalue weighted by atomic mass is 31.2. The number of hydrogen-bond donors (Lipinski definition) is 8. The van der Waals surface area contributed by atoms with Crippen LogP contribution in [0.5, 0.6) is 0 Å². The Bertz CT molecular complexity index is 728. The second kappa shape index (κ2) is 16.0. The Labute approximate surface area is 207 Å². The first kappa shape index (κ1) is 32.9. The Morgan fingerprint density at radius 1 is 1.17 bits per heavy atom. The molecule has 1 aliphatic heterocycles. The summed E-state index contributed by atoms with van der Waals surface area (Å²) in [6.45, 7) is -1.94. The van der Waals surface area contributed by atoms with Crippen LogP contribution >= 0.6 is 7.82 Å². The van der Waals surface area contributed by atoms with E-state index in [1.165, 1.54) is 6.92 Å². The van der Waals surface area contributed by atoms with E-state index in [0.717, 1.165) is 0 Å². The van der Waals surface area contributed by atoms with Gasteiger partial charge in [0.05, 0.1) is 39.1 Å². The lowest BCUT2D eigenvalue weighted by molar-refractivity contribution is -0.306. The maximum absolute atomic E-state index is 11.8. The van der Waals surface area contributed by atoms with Crippen molar-refractivity contribution in [1.29, 1.82) is 0 Å². The number of phosphoric acid groups is 1. The Morgan fingerprint density at radius 3 is 2.42 bits per heavy atom. The molecule has 212 valence electrons. The van der Waals surface area contributed by atoms with Gasteiger partial charge in [-0.05, 0) is 0 Å². The zero-order chi connectivity index (χ0) is 27.5. The minimum absolute atomic E-state index is 0.0541. The molecule has 0 aromatic heterocycles. The molecule has 1 rings (SSSR count). The lowest BCUT2D eigenvalue weighted by Gasteiger charge is -2.42. The smallest absolute Gasteiger partial charge is 0.268 e. The largest absolute Gasteiger partial charge is 0.756 e. The lowest BCUT2D eigenvalue weighted by Crippen LogP contribution is -2.57. The van der Waals surface area contributed by atoms with Crippen LogP contribution in [0, 0.1) is 5.92 Å². The molecule has 1 amide bonds. The third kappa shape index (κ3) is 10.7. The van der Waals surface area contributed by atoms with Crippen LogP contribution in [0.4, 0.5) is 0 Å². The molecule has 17 heteroatoms. The molecule has 9 N–H and O–H groups in total. The van der Waals surface area contributed by atoms with Crippen molar-refractivity contribution < 1.29 is 68.2 Å². The monoisotopic (exact) mass is 547 g/mol. The fourth-order valence-corrected chi connectivity index (χ4v) is 3.85. The molecule has 0 aliphatic carbocycles. The summed E-state index contributed by atoms with van der Waals surface area (Å²) in [6.07, 6.45) is -10.7. The summed E-state index contributed by atoms with van der Waals surface area (Å²) in [6, 6.07) is 0. The molecular weight excluding hydrogens is 511 g/mol. The van der Waals surface area contributed by atoms with Crippen LogP contribution in [0.25, 0.3) is 0 Å². The number of nitrogens with one attached hydrogen (secondary N) is 1. The second-order valence-electron chi connectivity index (χ2n) is 8.15. The molecule has 0 aromatic rings. The van der Waals surface area contributed by atoms with Crippen molar-refractivity contribution in [3.8, 4) is 0 Å². The average molecular weight is 547 g/mol. The second-order valence-corrected chi connectivity index (χ2v) is 9.56. The van der Waals surface area contributed by atoms with Gasteiger partial charge < -0.3 is 65.1 Å². The summed E-state index contributed by atoms with van der Waals surface area (Å²) < 4.78 is 31.6. The number of ketones is 1. The van der Waals surface area contributed by atoms with Gasteiger partial charge in [0.25, 0.3) is 7.82 Å². The van der Waals surface area contributed by atoms with Crippen molar-refractivity contribution >= 4 is 19.5 Å². The van der Waals surface area contributed by atoms with E-state index in [4.69, 9.17) is 15.2 Å². The highest BCUT2D eigenvalue weighted by Gasteiger charge is 2.44. The fourth-order valence-electron chi connectivity index (χ4n) is 3.12. The summed E-state index contributed by atoms with van der Waals surface area (Å²) in [7, 11) is -4.95. The van der Waals surface area contributed by atoms with Gasteiger partial charge in [0, 0.05) is 25.3 Å². The van der Waals surface area contributed by atoms with E-state index < -0.39 is 89.0 Å². The Hall–Kier alpha value is -1.11. The van der Waals surface area contributed by atoms with Crippen LogP contribution in [-0.2, 0) is 32.7 Å². The van der Waals surface area contributed by atoms with Gasteiger partial charge in [0.15, 0.2) is 6.29 Å². The first-order valence-corrected chi connectivity index (χ1v) is 12.7. The zero-order valence-electron chi connectivity index (χ0n) is 19.7. The number of nitrogens with two attached hydrogens (primary N) is 1. The first-order chi connectivity index (χ1) is 16.9. The van der Waals surface area contributed by atoms with E-state index >= 15 is 0 Å². The number of Topliss-reactive ketones (excluding diaryl/α,β-unsaturated/α-hetero) is 1. The fraction of sp³-hybridized carbons (Fsp3) is 0.895. The van der Waals surface area contributed by atoms with Gasteiger partial charge in [0.1, 0.15) is 36.3 Å². The van der Waals surface area contributed by atoms with Gasteiger partial charge >= 0.3 is 0 Å². The average Bonchev–Trinajstić information content (AvgIpc) is 2.86. The minimum atomic E-state index is -4.95. The molecule has 1 heterocycles. The van der Waals surface area contributed by atoms with E-state index in [1.54, 1.807) is 0 Å². The third-order valence-electron chi connectivity index (χ3n) is 5.39. The topological polar surface area (TPSA) is 271 Å². The number of carbonyl (C=O) groups excluding carboxylic acids is 2. The van der Waals surface area contributed by atoms with E-state index in [1.807, 2.05) is 0 Å². The van der Waals surface area contributed by atoms with Gasteiger partial charge in [-0.3, -0.25) is 14.2 Å². The van der Waals surface area contributed by atoms with Crippen LogP contribution in [-0.4, -0.2) is 125 Å². The van der Waals surface area contributed by atoms with Gasteiger partial charge in [-0.2, -0.15) is 0 Å². The van der Waals surface area contributed by atoms with Crippen molar-refractivity contribution in [2.24, 2.45) is 11.7 Å². The number of phosphoric ester groups is 1. The summed E-state index contributed by atoms with van der Waals surface area (Å²) in [5.41, 5.74) is 5.12. The Balaban J connectivity index is 2.48. The van der Waals surface area contributed by atoms with Gasteiger partial charge in [-0.15, -0.1) is 0 Å². The van der Waals surface area contributed by atoms with Crippen LogP contribution in [0.2, 0.25) is 0 Å². The molecule has 1 aliphatic rings. The number of rotatable bonds is 17. The third-order valence-corrected chi connectivity index (χ3v) is 6.35. The van der Waals surface area contributed by atoms with E-state index in [9.17, 15) is 49.7 Å². The quantitative estimate of drug-likeness (QED) is 0.0626. The van der Waals surface area contributed by atoms with Crippen molar-refractivity contribution in [3.63, 3.8) is 0 Å². The lowest BCUT2D eigenvalue weighted by atomic mass is 9.92. The zero-order valence-corrected chi connectivity index (χ0v) is 20.6. The van der Waals surface area contributed by atoms with Crippen LogP contribution < -0.4 is 15.9 Å². The van der Waals surface area contributed by atoms with E-state index in [0.29, 0.717) is 0 Å². The van der Waals surface area contributed by atoms with Crippen LogP contribution in [0.15, 0.2) is 0 Å². The first-order valence-electron chi connectivity index (χ1n) is 11.2. The molecule has 0 aromatic carbocycles. The summed E-state index contributed by atoms with van der Waals surface area (Å²) in [5, 5.41) is 61.4.